The first kappa shape index (κ1) is 23.9. The second kappa shape index (κ2) is 10.7. The first-order valence-corrected chi connectivity index (χ1v) is 10.5. The van der Waals surface area contributed by atoms with Gasteiger partial charge in [0.05, 0.1) is 19.1 Å². The molecule has 6 nitrogen and oxygen atoms in total. The summed E-state index contributed by atoms with van der Waals surface area (Å²) in [5.74, 6) is -0.635. The molecule has 172 valence electrons. The van der Waals surface area contributed by atoms with Crippen molar-refractivity contribution in [2.24, 2.45) is 11.7 Å². The Balaban J connectivity index is 1.78. The topological polar surface area (TPSA) is 98.9 Å². The number of carboxylic acids is 1. The van der Waals surface area contributed by atoms with E-state index in [1.54, 1.807) is 42.5 Å². The number of hydrogen-bond donors (Lipinski definition) is 2. The lowest BCUT2D eigenvalue weighted by Gasteiger charge is -2.18. The van der Waals surface area contributed by atoms with Crippen LogP contribution in [0.3, 0.4) is 0 Å². The zero-order chi connectivity index (χ0) is 24.0. The van der Waals surface area contributed by atoms with E-state index < -0.39 is 17.9 Å². The van der Waals surface area contributed by atoms with E-state index in [0.29, 0.717) is 41.2 Å². The summed E-state index contributed by atoms with van der Waals surface area (Å²) in [6.45, 7) is 1.82. The summed E-state index contributed by atoms with van der Waals surface area (Å²) in [7, 11) is 1.49. The third kappa shape index (κ3) is 5.96. The molecule has 0 fully saturated rings. The Morgan fingerprint density at radius 3 is 2.15 bits per heavy atom. The molecular weight excluding hydrogens is 425 g/mol. The van der Waals surface area contributed by atoms with E-state index in [1.165, 1.54) is 31.4 Å². The molecule has 0 aliphatic carbocycles. The molecule has 2 atom stereocenters. The van der Waals surface area contributed by atoms with Gasteiger partial charge >= 0.3 is 5.97 Å². The van der Waals surface area contributed by atoms with E-state index in [0.717, 1.165) is 5.56 Å². The van der Waals surface area contributed by atoms with Crippen molar-refractivity contribution in [3.8, 4) is 17.2 Å². The standard InChI is InChI=1S/C26H26FNO5/c1-3-17(26(30)31)14-16-4-13-23(32-2)22(15-16)24(28)25(29)18-5-9-20(10-6-18)33-21-11-7-19(27)8-12-21/h4-13,15,17,24H,3,14,28H2,1-2H3,(H,30,31). The number of benzene rings is 3. The predicted octanol–water partition coefficient (Wildman–Crippen LogP) is 5.16. The molecule has 0 aliphatic heterocycles. The SMILES string of the molecule is CCC(Cc1ccc(OC)c(C(N)C(=O)c2ccc(Oc3ccc(F)cc3)cc2)c1)C(=O)O. The summed E-state index contributed by atoms with van der Waals surface area (Å²) < 4.78 is 24.1. The molecule has 0 saturated heterocycles. The lowest BCUT2D eigenvalue weighted by Crippen LogP contribution is -2.23. The molecule has 0 bridgehead atoms. The predicted molar refractivity (Wildman–Crippen MR) is 122 cm³/mol. The van der Waals surface area contributed by atoms with Gasteiger partial charge in [-0.05, 0) is 73.0 Å². The molecule has 0 saturated carbocycles. The molecule has 33 heavy (non-hydrogen) atoms. The molecule has 0 aromatic heterocycles. The zero-order valence-electron chi connectivity index (χ0n) is 18.5. The van der Waals surface area contributed by atoms with Gasteiger partial charge in [0.15, 0.2) is 5.78 Å². The number of nitrogens with two attached hydrogens (primary N) is 1. The van der Waals surface area contributed by atoms with Crippen LogP contribution in [0.15, 0.2) is 66.7 Å². The highest BCUT2D eigenvalue weighted by Gasteiger charge is 2.23. The van der Waals surface area contributed by atoms with E-state index in [2.05, 4.69) is 0 Å². The van der Waals surface area contributed by atoms with Crippen LogP contribution in [0.2, 0.25) is 0 Å². The number of methoxy groups -OCH3 is 1. The smallest absolute Gasteiger partial charge is 0.306 e. The van der Waals surface area contributed by atoms with Gasteiger partial charge in [-0.15, -0.1) is 0 Å². The third-order valence-corrected chi connectivity index (χ3v) is 5.42. The van der Waals surface area contributed by atoms with Gasteiger partial charge in [0, 0.05) is 11.1 Å². The molecule has 2 unspecified atom stereocenters. The van der Waals surface area contributed by atoms with E-state index in [-0.39, 0.29) is 11.6 Å². The summed E-state index contributed by atoms with van der Waals surface area (Å²) >= 11 is 0. The third-order valence-electron chi connectivity index (χ3n) is 5.42. The van der Waals surface area contributed by atoms with Gasteiger partial charge in [-0.25, -0.2) is 4.39 Å². The number of ether oxygens (including phenoxy) is 2. The monoisotopic (exact) mass is 451 g/mol. The number of carboxylic acid groups (broad SMARTS) is 1. The number of aliphatic carboxylic acids is 1. The molecule has 3 aromatic carbocycles. The molecule has 3 rings (SSSR count). The van der Waals surface area contributed by atoms with Crippen molar-refractivity contribution in [2.45, 2.75) is 25.8 Å². The second-order valence-electron chi connectivity index (χ2n) is 7.65. The Labute approximate surface area is 191 Å². The fourth-order valence-electron chi connectivity index (χ4n) is 3.49. The lowest BCUT2D eigenvalue weighted by atomic mass is 9.92. The highest BCUT2D eigenvalue weighted by molar-refractivity contribution is 6.01. The fourth-order valence-corrected chi connectivity index (χ4v) is 3.49. The Morgan fingerprint density at radius 1 is 1.00 bits per heavy atom. The first-order chi connectivity index (χ1) is 15.8. The van der Waals surface area contributed by atoms with E-state index in [9.17, 15) is 19.1 Å². The Morgan fingerprint density at radius 2 is 1.61 bits per heavy atom. The summed E-state index contributed by atoms with van der Waals surface area (Å²) in [5.41, 5.74) is 7.95. The number of ketones is 1. The van der Waals surface area contributed by atoms with Crippen LogP contribution in [0.1, 0.15) is 40.9 Å². The van der Waals surface area contributed by atoms with Crippen molar-refractivity contribution in [1.82, 2.24) is 0 Å². The zero-order valence-corrected chi connectivity index (χ0v) is 18.5. The molecule has 0 amide bonds. The van der Waals surface area contributed by atoms with Crippen molar-refractivity contribution >= 4 is 11.8 Å². The van der Waals surface area contributed by atoms with Crippen LogP contribution in [0.5, 0.6) is 17.2 Å². The second-order valence-corrected chi connectivity index (χ2v) is 7.65. The maximum Gasteiger partial charge on any atom is 0.306 e. The van der Waals surface area contributed by atoms with E-state index in [4.69, 9.17) is 15.2 Å². The van der Waals surface area contributed by atoms with Crippen LogP contribution in [-0.4, -0.2) is 24.0 Å². The van der Waals surface area contributed by atoms with Crippen LogP contribution in [0, 0.1) is 11.7 Å². The average Bonchev–Trinajstić information content (AvgIpc) is 2.83. The number of carbonyl (C=O) groups excluding carboxylic acids is 1. The van der Waals surface area contributed by atoms with E-state index in [1.807, 2.05) is 6.92 Å². The van der Waals surface area contributed by atoms with Crippen molar-refractivity contribution in [3.05, 3.63) is 89.2 Å². The van der Waals surface area contributed by atoms with Crippen LogP contribution < -0.4 is 15.2 Å². The van der Waals surface area contributed by atoms with Gasteiger partial charge in [-0.2, -0.15) is 0 Å². The molecule has 3 aromatic rings. The molecule has 0 spiro atoms. The van der Waals surface area contributed by atoms with Gasteiger partial charge in [-0.3, -0.25) is 9.59 Å². The van der Waals surface area contributed by atoms with Gasteiger partial charge < -0.3 is 20.3 Å². The lowest BCUT2D eigenvalue weighted by molar-refractivity contribution is -0.141. The Bertz CT molecular complexity index is 1110. The van der Waals surface area contributed by atoms with Crippen LogP contribution >= 0.6 is 0 Å². The van der Waals surface area contributed by atoms with Crippen molar-refractivity contribution in [1.29, 1.82) is 0 Å². The van der Waals surface area contributed by atoms with Crippen molar-refractivity contribution < 1.29 is 28.6 Å². The number of rotatable bonds is 10. The number of halogens is 1. The van der Waals surface area contributed by atoms with Gasteiger partial charge in [-0.1, -0.05) is 19.1 Å². The van der Waals surface area contributed by atoms with Crippen LogP contribution in [0.25, 0.3) is 0 Å². The highest BCUT2D eigenvalue weighted by Crippen LogP contribution is 2.30. The minimum atomic E-state index is -0.992. The number of hydrogen-bond acceptors (Lipinski definition) is 5. The van der Waals surface area contributed by atoms with Gasteiger partial charge in [0.2, 0.25) is 0 Å². The highest BCUT2D eigenvalue weighted by atomic mass is 19.1. The summed E-state index contributed by atoms with van der Waals surface area (Å²) in [4.78, 5) is 24.5. The number of Topliss-reactive ketones (excluding diaryl/α,β-unsaturated/α-hetero) is 1. The normalized spacial score (nSPS) is 12.6. The largest absolute Gasteiger partial charge is 0.496 e. The first-order valence-electron chi connectivity index (χ1n) is 10.5. The quantitative estimate of drug-likeness (QED) is 0.413. The van der Waals surface area contributed by atoms with Gasteiger partial charge in [0.25, 0.3) is 0 Å². The van der Waals surface area contributed by atoms with Crippen molar-refractivity contribution in [2.75, 3.05) is 7.11 Å². The number of carbonyl (C=O) groups is 2. The maximum atomic E-state index is 13.1. The molecule has 0 radical (unpaired) electrons. The van der Waals surface area contributed by atoms with Crippen LogP contribution in [-0.2, 0) is 11.2 Å². The molecular formula is C26H26FNO5. The van der Waals surface area contributed by atoms with Gasteiger partial charge in [0.1, 0.15) is 23.1 Å². The summed E-state index contributed by atoms with van der Waals surface area (Å²) in [6.07, 6.45) is 0.827. The van der Waals surface area contributed by atoms with Crippen molar-refractivity contribution in [3.63, 3.8) is 0 Å². The Hall–Kier alpha value is -3.71. The fraction of sp³-hybridized carbons (Fsp3) is 0.231. The minimum Gasteiger partial charge on any atom is -0.496 e. The molecule has 0 heterocycles. The Kier molecular flexibility index (Phi) is 7.79. The maximum absolute atomic E-state index is 13.1. The molecule has 0 aliphatic rings. The van der Waals surface area contributed by atoms with E-state index >= 15 is 0 Å². The average molecular weight is 451 g/mol. The van der Waals surface area contributed by atoms with Crippen LogP contribution in [0.4, 0.5) is 4.39 Å². The molecule has 7 heteroatoms. The summed E-state index contributed by atoms with van der Waals surface area (Å²) in [6, 6.07) is 16.3. The summed E-state index contributed by atoms with van der Waals surface area (Å²) in [5, 5.41) is 9.35. The molecule has 3 N–H and O–H groups in total. The minimum absolute atomic E-state index is 0.316.